The molecule has 2 rings (SSSR count). The highest BCUT2D eigenvalue weighted by Gasteiger charge is 2.20. The molecule has 2 heterocycles. The normalized spacial score (nSPS) is 19.9. The summed E-state index contributed by atoms with van der Waals surface area (Å²) in [5.74, 6) is 1.93. The highest BCUT2D eigenvalue weighted by atomic mass is 32.2. The molecule has 7 heteroatoms. The lowest BCUT2D eigenvalue weighted by Gasteiger charge is -2.30. The average Bonchev–Trinajstić information content (AvgIpc) is 2.36. The number of anilines is 2. The summed E-state index contributed by atoms with van der Waals surface area (Å²) in [5, 5.41) is 0.580. The number of nitrogens with two attached hydrogens (primary N) is 1. The average molecular weight is 269 g/mol. The van der Waals surface area contributed by atoms with Crippen molar-refractivity contribution < 1.29 is 4.74 Å². The molecule has 0 spiro atoms. The molecule has 0 amide bonds. The highest BCUT2D eigenvalue weighted by Crippen LogP contribution is 2.22. The van der Waals surface area contributed by atoms with E-state index in [1.54, 1.807) is 0 Å². The number of aromatic nitrogens is 3. The van der Waals surface area contributed by atoms with E-state index in [0.717, 1.165) is 25.3 Å². The molecule has 1 aromatic rings. The number of rotatable bonds is 4. The van der Waals surface area contributed by atoms with Gasteiger partial charge in [0.1, 0.15) is 0 Å². The van der Waals surface area contributed by atoms with Gasteiger partial charge in [0.25, 0.3) is 0 Å². The van der Waals surface area contributed by atoms with Gasteiger partial charge in [-0.1, -0.05) is 13.8 Å². The Balaban J connectivity index is 2.13. The molecule has 0 saturated carbocycles. The zero-order valence-electron chi connectivity index (χ0n) is 10.8. The lowest BCUT2D eigenvalue weighted by molar-refractivity contribution is 0.292. The maximum absolute atomic E-state index is 5.70. The van der Waals surface area contributed by atoms with Crippen LogP contribution in [0.5, 0.6) is 6.01 Å². The molecule has 2 N–H and O–H groups in total. The van der Waals surface area contributed by atoms with Gasteiger partial charge in [0.2, 0.25) is 11.9 Å². The molecule has 6 nitrogen and oxygen atoms in total. The topological polar surface area (TPSA) is 77.2 Å². The predicted octanol–water partition coefficient (Wildman–Crippen LogP) is 1.18. The first-order valence-corrected chi connectivity index (χ1v) is 7.25. The van der Waals surface area contributed by atoms with Gasteiger partial charge in [-0.3, -0.25) is 0 Å². The summed E-state index contributed by atoms with van der Waals surface area (Å²) in [4.78, 5) is 14.6. The van der Waals surface area contributed by atoms with Gasteiger partial charge in [-0.2, -0.15) is 26.7 Å². The fraction of sp³-hybridized carbons (Fsp3) is 0.727. The first-order chi connectivity index (χ1) is 8.69. The lowest BCUT2D eigenvalue weighted by atomic mass is 10.4. The molecule has 18 heavy (non-hydrogen) atoms. The minimum atomic E-state index is 0.219. The van der Waals surface area contributed by atoms with Crippen molar-refractivity contribution in [3.63, 3.8) is 0 Å². The maximum atomic E-state index is 5.70. The van der Waals surface area contributed by atoms with E-state index < -0.39 is 0 Å². The van der Waals surface area contributed by atoms with Crippen molar-refractivity contribution >= 4 is 23.7 Å². The van der Waals surface area contributed by atoms with E-state index >= 15 is 0 Å². The Labute approximate surface area is 111 Å². The van der Waals surface area contributed by atoms with Gasteiger partial charge in [0, 0.05) is 24.1 Å². The second kappa shape index (κ2) is 6.08. The molecule has 1 aliphatic heterocycles. The third kappa shape index (κ3) is 3.38. The fourth-order valence-electron chi connectivity index (χ4n) is 1.76. The summed E-state index contributed by atoms with van der Waals surface area (Å²) >= 11 is 1.96. The Kier molecular flexibility index (Phi) is 4.46. The third-order valence-electron chi connectivity index (χ3n) is 2.58. The van der Waals surface area contributed by atoms with Crippen molar-refractivity contribution in [1.82, 2.24) is 15.0 Å². The SMILES string of the molecule is CCCOc1nc(N)nc(N2CCSC(C)C2)n1. The van der Waals surface area contributed by atoms with Crippen molar-refractivity contribution in [2.24, 2.45) is 0 Å². The van der Waals surface area contributed by atoms with Crippen LogP contribution >= 0.6 is 11.8 Å². The summed E-state index contributed by atoms with van der Waals surface area (Å²) < 4.78 is 5.42. The van der Waals surface area contributed by atoms with Crippen LogP contribution in [0.1, 0.15) is 20.3 Å². The van der Waals surface area contributed by atoms with Crippen molar-refractivity contribution in [2.45, 2.75) is 25.5 Å². The van der Waals surface area contributed by atoms with Gasteiger partial charge in [-0.25, -0.2) is 0 Å². The van der Waals surface area contributed by atoms with Crippen molar-refractivity contribution in [2.75, 3.05) is 36.1 Å². The monoisotopic (exact) mass is 269 g/mol. The molecule has 1 unspecified atom stereocenters. The van der Waals surface area contributed by atoms with E-state index in [0.29, 0.717) is 23.8 Å². The molecule has 1 aromatic heterocycles. The smallest absolute Gasteiger partial charge is 0.323 e. The van der Waals surface area contributed by atoms with Crippen molar-refractivity contribution in [1.29, 1.82) is 0 Å². The van der Waals surface area contributed by atoms with Crippen LogP contribution in [0.4, 0.5) is 11.9 Å². The summed E-state index contributed by atoms with van der Waals surface area (Å²) in [6, 6.07) is 0.324. The maximum Gasteiger partial charge on any atom is 0.323 e. The van der Waals surface area contributed by atoms with E-state index in [4.69, 9.17) is 10.5 Å². The Bertz CT molecular complexity index is 403. The van der Waals surface area contributed by atoms with E-state index in [1.807, 2.05) is 18.7 Å². The Morgan fingerprint density at radius 2 is 2.28 bits per heavy atom. The number of nitrogen functional groups attached to an aromatic ring is 1. The Morgan fingerprint density at radius 1 is 1.44 bits per heavy atom. The highest BCUT2D eigenvalue weighted by molar-refractivity contribution is 8.00. The first kappa shape index (κ1) is 13.2. The van der Waals surface area contributed by atoms with Gasteiger partial charge in [-0.05, 0) is 6.42 Å². The number of hydrogen-bond acceptors (Lipinski definition) is 7. The van der Waals surface area contributed by atoms with Crippen LogP contribution in [0.25, 0.3) is 0 Å². The third-order valence-corrected chi connectivity index (χ3v) is 3.72. The largest absolute Gasteiger partial charge is 0.463 e. The number of nitrogens with zero attached hydrogens (tertiary/aromatic N) is 4. The van der Waals surface area contributed by atoms with Crippen LogP contribution in [0.15, 0.2) is 0 Å². The molecule has 0 radical (unpaired) electrons. The Hall–Kier alpha value is -1.24. The molecule has 1 aliphatic rings. The number of hydrogen-bond donors (Lipinski definition) is 1. The van der Waals surface area contributed by atoms with Crippen LogP contribution < -0.4 is 15.4 Å². The minimum Gasteiger partial charge on any atom is -0.463 e. The molecule has 0 aromatic carbocycles. The summed E-state index contributed by atoms with van der Waals surface area (Å²) in [5.41, 5.74) is 5.70. The van der Waals surface area contributed by atoms with Crippen LogP contribution in [-0.4, -0.2) is 45.7 Å². The molecule has 1 fully saturated rings. The quantitative estimate of drug-likeness (QED) is 0.879. The van der Waals surface area contributed by atoms with E-state index in [-0.39, 0.29) is 5.95 Å². The van der Waals surface area contributed by atoms with Crippen LogP contribution in [-0.2, 0) is 0 Å². The molecule has 1 atom stereocenters. The number of thioether (sulfide) groups is 1. The van der Waals surface area contributed by atoms with Crippen molar-refractivity contribution in [3.8, 4) is 6.01 Å². The predicted molar refractivity (Wildman–Crippen MR) is 74.2 cm³/mol. The second-order valence-electron chi connectivity index (χ2n) is 4.25. The molecule has 1 saturated heterocycles. The minimum absolute atomic E-state index is 0.219. The van der Waals surface area contributed by atoms with Gasteiger partial charge < -0.3 is 15.4 Å². The summed E-state index contributed by atoms with van der Waals surface area (Å²) in [7, 11) is 0. The van der Waals surface area contributed by atoms with Gasteiger partial charge in [0.15, 0.2) is 0 Å². The van der Waals surface area contributed by atoms with E-state index in [9.17, 15) is 0 Å². The molecule has 0 aliphatic carbocycles. The van der Waals surface area contributed by atoms with Gasteiger partial charge >= 0.3 is 6.01 Å². The standard InChI is InChI=1S/C11H19N5OS/c1-3-5-17-11-14-9(12)13-10(15-11)16-4-6-18-8(2)7-16/h8H,3-7H2,1-2H3,(H2,12,13,14,15). The second-order valence-corrected chi connectivity index (χ2v) is 5.80. The summed E-state index contributed by atoms with van der Waals surface area (Å²) in [6.45, 7) is 6.70. The van der Waals surface area contributed by atoms with E-state index in [1.165, 1.54) is 0 Å². The van der Waals surface area contributed by atoms with Gasteiger partial charge in [0.05, 0.1) is 6.61 Å². The van der Waals surface area contributed by atoms with Crippen LogP contribution in [0.2, 0.25) is 0 Å². The van der Waals surface area contributed by atoms with E-state index in [2.05, 4.69) is 26.8 Å². The summed E-state index contributed by atoms with van der Waals surface area (Å²) in [6.07, 6.45) is 0.915. The zero-order chi connectivity index (χ0) is 13.0. The molecule has 0 bridgehead atoms. The number of ether oxygens (including phenoxy) is 1. The first-order valence-electron chi connectivity index (χ1n) is 6.20. The Morgan fingerprint density at radius 3 is 3.00 bits per heavy atom. The zero-order valence-corrected chi connectivity index (χ0v) is 11.6. The molecule has 100 valence electrons. The van der Waals surface area contributed by atoms with Crippen molar-refractivity contribution in [3.05, 3.63) is 0 Å². The van der Waals surface area contributed by atoms with Gasteiger partial charge in [-0.15, -0.1) is 0 Å². The molecular weight excluding hydrogens is 250 g/mol. The molecular formula is C11H19N5OS. The fourth-order valence-corrected chi connectivity index (χ4v) is 2.77. The lowest BCUT2D eigenvalue weighted by Crippen LogP contribution is -2.38. The van der Waals surface area contributed by atoms with Crippen LogP contribution in [0.3, 0.4) is 0 Å². The van der Waals surface area contributed by atoms with Crippen LogP contribution in [0, 0.1) is 0 Å².